The van der Waals surface area contributed by atoms with Gasteiger partial charge in [0.1, 0.15) is 23.4 Å². The molecule has 8 nitrogen and oxygen atoms in total. The summed E-state index contributed by atoms with van der Waals surface area (Å²) in [6, 6.07) is 13.7. The monoisotopic (exact) mass is 392 g/mol. The Morgan fingerprint density at radius 1 is 1.07 bits per heavy atom. The Bertz CT molecular complexity index is 1040. The van der Waals surface area contributed by atoms with E-state index in [9.17, 15) is 9.59 Å². The second-order valence-corrected chi connectivity index (χ2v) is 6.57. The summed E-state index contributed by atoms with van der Waals surface area (Å²) >= 11 is 0. The molecule has 2 amide bonds. The van der Waals surface area contributed by atoms with Gasteiger partial charge in [-0.2, -0.15) is 5.10 Å². The van der Waals surface area contributed by atoms with Crippen LogP contribution in [0.1, 0.15) is 12.5 Å². The molecule has 8 heteroatoms. The van der Waals surface area contributed by atoms with Crippen LogP contribution in [0.15, 0.2) is 54.7 Å². The van der Waals surface area contributed by atoms with E-state index >= 15 is 0 Å². The zero-order valence-corrected chi connectivity index (χ0v) is 16.0. The fourth-order valence-corrected chi connectivity index (χ4v) is 3.25. The lowest BCUT2D eigenvalue weighted by Gasteiger charge is -2.24. The fraction of sp³-hybridized carbons (Fsp3) is 0.190. The molecule has 0 saturated heterocycles. The molecule has 4 rings (SSSR count). The van der Waals surface area contributed by atoms with Crippen molar-refractivity contribution in [2.45, 2.75) is 12.5 Å². The highest BCUT2D eigenvalue weighted by Crippen LogP contribution is 2.35. The first kappa shape index (κ1) is 18.5. The third-order valence-electron chi connectivity index (χ3n) is 4.79. The molecule has 1 aromatic heterocycles. The van der Waals surface area contributed by atoms with Crippen molar-refractivity contribution in [3.05, 3.63) is 54.7 Å². The van der Waals surface area contributed by atoms with Crippen LogP contribution in [0.5, 0.6) is 11.5 Å². The maximum Gasteiger partial charge on any atom is 0.249 e. The number of fused-ring (bicyclic) bond motifs is 1. The molecule has 3 aromatic rings. The normalized spacial score (nSPS) is 15.2. The number of anilines is 2. The summed E-state index contributed by atoms with van der Waals surface area (Å²) in [6.45, 7) is 0. The predicted molar refractivity (Wildman–Crippen MR) is 108 cm³/mol. The molecule has 1 aliphatic heterocycles. The van der Waals surface area contributed by atoms with Gasteiger partial charge in [-0.05, 0) is 42.0 Å². The molecule has 2 heterocycles. The van der Waals surface area contributed by atoms with Crippen LogP contribution in [0.4, 0.5) is 11.5 Å². The Morgan fingerprint density at radius 2 is 1.69 bits per heavy atom. The van der Waals surface area contributed by atoms with Crippen LogP contribution in [0.3, 0.4) is 0 Å². The van der Waals surface area contributed by atoms with E-state index < -0.39 is 6.04 Å². The van der Waals surface area contributed by atoms with Gasteiger partial charge in [0, 0.05) is 11.3 Å². The predicted octanol–water partition coefficient (Wildman–Crippen LogP) is 3.09. The van der Waals surface area contributed by atoms with Crippen molar-refractivity contribution in [2.75, 3.05) is 24.9 Å². The summed E-state index contributed by atoms with van der Waals surface area (Å²) in [6.07, 6.45) is 1.66. The maximum atomic E-state index is 12.9. The number of rotatable bonds is 5. The molecular formula is C21H20N4O4. The SMILES string of the molecule is COc1ccc(NC(=O)C2CC(=O)Nc3c(-c4ccc(OC)cc4)cnn32)cc1. The Labute approximate surface area is 167 Å². The van der Waals surface area contributed by atoms with Crippen LogP contribution in [0.2, 0.25) is 0 Å². The van der Waals surface area contributed by atoms with Crippen molar-refractivity contribution >= 4 is 23.3 Å². The molecule has 1 aliphatic rings. The zero-order valence-electron chi connectivity index (χ0n) is 16.0. The number of hydrogen-bond acceptors (Lipinski definition) is 5. The number of nitrogens with zero attached hydrogens (tertiary/aromatic N) is 2. The van der Waals surface area contributed by atoms with Gasteiger partial charge in [-0.1, -0.05) is 12.1 Å². The number of carbonyl (C=O) groups excluding carboxylic acids is 2. The van der Waals surface area contributed by atoms with Gasteiger partial charge in [0.2, 0.25) is 11.8 Å². The van der Waals surface area contributed by atoms with E-state index in [2.05, 4.69) is 15.7 Å². The number of hydrogen-bond donors (Lipinski definition) is 2. The number of methoxy groups -OCH3 is 2. The standard InChI is InChI=1S/C21H20N4O4/c1-28-15-7-3-13(4-8-15)17-12-22-25-18(11-19(26)24-20(17)25)21(27)23-14-5-9-16(29-2)10-6-14/h3-10,12,18H,11H2,1-2H3,(H,23,27)(H,24,26). The lowest BCUT2D eigenvalue weighted by atomic mass is 10.1. The van der Waals surface area contributed by atoms with E-state index in [1.807, 2.05) is 24.3 Å². The molecule has 2 aromatic carbocycles. The summed E-state index contributed by atoms with van der Waals surface area (Å²) in [4.78, 5) is 25.1. The second-order valence-electron chi connectivity index (χ2n) is 6.57. The summed E-state index contributed by atoms with van der Waals surface area (Å²) in [5.74, 6) is 1.38. The molecule has 0 spiro atoms. The number of nitrogens with one attached hydrogen (secondary N) is 2. The van der Waals surface area contributed by atoms with Crippen LogP contribution in [-0.2, 0) is 9.59 Å². The number of ether oxygens (including phenoxy) is 2. The Morgan fingerprint density at radius 3 is 2.31 bits per heavy atom. The van der Waals surface area contributed by atoms with Gasteiger partial charge in [0.15, 0.2) is 0 Å². The molecule has 0 saturated carbocycles. The van der Waals surface area contributed by atoms with E-state index in [0.717, 1.165) is 16.9 Å². The van der Waals surface area contributed by atoms with Gasteiger partial charge in [-0.15, -0.1) is 0 Å². The lowest BCUT2D eigenvalue weighted by Crippen LogP contribution is -2.35. The van der Waals surface area contributed by atoms with Crippen LogP contribution >= 0.6 is 0 Å². The van der Waals surface area contributed by atoms with E-state index in [-0.39, 0.29) is 18.2 Å². The molecule has 29 heavy (non-hydrogen) atoms. The van der Waals surface area contributed by atoms with Crippen LogP contribution in [0, 0.1) is 0 Å². The Balaban J connectivity index is 1.61. The topological polar surface area (TPSA) is 94.5 Å². The van der Waals surface area contributed by atoms with Crippen molar-refractivity contribution in [2.24, 2.45) is 0 Å². The molecular weight excluding hydrogens is 372 g/mol. The molecule has 0 aliphatic carbocycles. The van der Waals surface area contributed by atoms with Gasteiger partial charge >= 0.3 is 0 Å². The molecule has 148 valence electrons. The van der Waals surface area contributed by atoms with Crippen LogP contribution in [-0.4, -0.2) is 35.8 Å². The quantitative estimate of drug-likeness (QED) is 0.696. The van der Waals surface area contributed by atoms with Crippen molar-refractivity contribution in [3.63, 3.8) is 0 Å². The third-order valence-corrected chi connectivity index (χ3v) is 4.79. The first-order chi connectivity index (χ1) is 14.1. The van der Waals surface area contributed by atoms with Gasteiger partial charge in [-0.25, -0.2) is 4.68 Å². The highest BCUT2D eigenvalue weighted by Gasteiger charge is 2.33. The molecule has 1 unspecified atom stereocenters. The van der Waals surface area contributed by atoms with Gasteiger partial charge in [0.05, 0.1) is 26.8 Å². The largest absolute Gasteiger partial charge is 0.497 e. The average molecular weight is 392 g/mol. The number of aromatic nitrogens is 2. The first-order valence-electron chi connectivity index (χ1n) is 9.05. The van der Waals surface area contributed by atoms with Gasteiger partial charge in [0.25, 0.3) is 0 Å². The minimum absolute atomic E-state index is 0.0126. The highest BCUT2D eigenvalue weighted by atomic mass is 16.5. The van der Waals surface area contributed by atoms with Crippen molar-refractivity contribution in [1.82, 2.24) is 9.78 Å². The van der Waals surface area contributed by atoms with Gasteiger partial charge in [-0.3, -0.25) is 9.59 Å². The second kappa shape index (κ2) is 7.67. The van der Waals surface area contributed by atoms with Crippen molar-refractivity contribution in [1.29, 1.82) is 0 Å². The number of carbonyl (C=O) groups is 2. The molecule has 0 bridgehead atoms. The van der Waals surface area contributed by atoms with Crippen molar-refractivity contribution in [3.8, 4) is 22.6 Å². The molecule has 0 radical (unpaired) electrons. The maximum absolute atomic E-state index is 12.9. The minimum atomic E-state index is -0.743. The Kier molecular flexibility index (Phi) is 4.90. The summed E-state index contributed by atoms with van der Waals surface area (Å²) in [5, 5.41) is 10.0. The van der Waals surface area contributed by atoms with Crippen LogP contribution in [0.25, 0.3) is 11.1 Å². The van der Waals surface area contributed by atoms with E-state index in [4.69, 9.17) is 9.47 Å². The van der Waals surface area contributed by atoms with Crippen molar-refractivity contribution < 1.29 is 19.1 Å². The average Bonchev–Trinajstić information content (AvgIpc) is 3.17. The smallest absolute Gasteiger partial charge is 0.249 e. The summed E-state index contributed by atoms with van der Waals surface area (Å²) in [5.41, 5.74) is 2.22. The zero-order chi connectivity index (χ0) is 20.4. The summed E-state index contributed by atoms with van der Waals surface area (Å²) < 4.78 is 11.9. The molecule has 1 atom stereocenters. The Hall–Kier alpha value is -3.81. The summed E-state index contributed by atoms with van der Waals surface area (Å²) in [7, 11) is 3.18. The third kappa shape index (κ3) is 3.64. The minimum Gasteiger partial charge on any atom is -0.497 e. The van der Waals surface area contributed by atoms with Gasteiger partial charge < -0.3 is 20.1 Å². The molecule has 2 N–H and O–H groups in total. The highest BCUT2D eigenvalue weighted by molar-refractivity contribution is 6.03. The first-order valence-corrected chi connectivity index (χ1v) is 9.05. The van der Waals surface area contributed by atoms with E-state index in [0.29, 0.717) is 17.3 Å². The van der Waals surface area contributed by atoms with Crippen LogP contribution < -0.4 is 20.1 Å². The lowest BCUT2D eigenvalue weighted by molar-refractivity contribution is -0.125. The number of benzene rings is 2. The molecule has 0 fully saturated rings. The van der Waals surface area contributed by atoms with E-state index in [1.165, 1.54) is 0 Å². The van der Waals surface area contributed by atoms with E-state index in [1.54, 1.807) is 49.4 Å². The number of amides is 2. The fourth-order valence-electron chi connectivity index (χ4n) is 3.25.